The number of piperidine rings is 1. The lowest BCUT2D eigenvalue weighted by Crippen LogP contribution is -2.40. The summed E-state index contributed by atoms with van der Waals surface area (Å²) in [7, 11) is 0. The summed E-state index contributed by atoms with van der Waals surface area (Å²) in [5, 5.41) is 12.9. The minimum atomic E-state index is -0.517. The van der Waals surface area contributed by atoms with Crippen molar-refractivity contribution in [2.75, 3.05) is 26.2 Å². The third-order valence-electron chi connectivity index (χ3n) is 2.57. The molecule has 0 aromatic carbocycles. The molecule has 2 atom stereocenters. The zero-order chi connectivity index (χ0) is 10.4. The van der Waals surface area contributed by atoms with E-state index in [0.29, 0.717) is 6.54 Å². The fraction of sp³-hybridized carbons (Fsp3) is 1.00. The van der Waals surface area contributed by atoms with Crippen LogP contribution in [0.15, 0.2) is 5.11 Å². The Morgan fingerprint density at radius 1 is 1.71 bits per heavy atom. The van der Waals surface area contributed by atoms with Gasteiger partial charge in [-0.25, -0.2) is 0 Å². The zero-order valence-corrected chi connectivity index (χ0v) is 8.63. The van der Waals surface area contributed by atoms with Gasteiger partial charge >= 0.3 is 0 Å². The van der Waals surface area contributed by atoms with E-state index < -0.39 is 6.10 Å². The Kier molecular flexibility index (Phi) is 4.73. The van der Waals surface area contributed by atoms with E-state index in [1.807, 2.05) is 0 Å². The van der Waals surface area contributed by atoms with Crippen molar-refractivity contribution >= 4 is 0 Å². The Labute approximate surface area is 84.3 Å². The highest BCUT2D eigenvalue weighted by molar-refractivity contribution is 4.73. The third kappa shape index (κ3) is 3.96. The Morgan fingerprint density at radius 3 is 3.14 bits per heavy atom. The van der Waals surface area contributed by atoms with Crippen molar-refractivity contribution in [1.82, 2.24) is 4.90 Å². The topological polar surface area (TPSA) is 72.2 Å². The molecule has 0 radical (unpaired) electrons. The van der Waals surface area contributed by atoms with Crippen LogP contribution < -0.4 is 0 Å². The molecular weight excluding hydrogens is 180 g/mol. The molecule has 1 unspecified atom stereocenters. The second-order valence-electron chi connectivity index (χ2n) is 4.07. The van der Waals surface area contributed by atoms with Crippen molar-refractivity contribution in [1.29, 1.82) is 0 Å². The lowest BCUT2D eigenvalue weighted by molar-refractivity contribution is 0.0925. The highest BCUT2D eigenvalue weighted by Crippen LogP contribution is 2.15. The van der Waals surface area contributed by atoms with Crippen molar-refractivity contribution in [3.05, 3.63) is 10.4 Å². The summed E-state index contributed by atoms with van der Waals surface area (Å²) in [5.41, 5.74) is 8.10. The maximum absolute atomic E-state index is 9.51. The van der Waals surface area contributed by atoms with Crippen LogP contribution in [-0.2, 0) is 0 Å². The summed E-state index contributed by atoms with van der Waals surface area (Å²) in [6, 6.07) is 0. The third-order valence-corrected chi connectivity index (χ3v) is 2.57. The van der Waals surface area contributed by atoms with E-state index in [-0.39, 0.29) is 6.54 Å². The van der Waals surface area contributed by atoms with Crippen LogP contribution in [0, 0.1) is 5.92 Å². The molecule has 80 valence electrons. The molecule has 1 fully saturated rings. The van der Waals surface area contributed by atoms with Crippen molar-refractivity contribution in [3.63, 3.8) is 0 Å². The average molecular weight is 198 g/mol. The molecule has 1 N–H and O–H groups in total. The summed E-state index contributed by atoms with van der Waals surface area (Å²) >= 11 is 0. The van der Waals surface area contributed by atoms with Crippen LogP contribution in [0.4, 0.5) is 0 Å². The summed E-state index contributed by atoms with van der Waals surface area (Å²) in [5.74, 6) is 0.718. The lowest BCUT2D eigenvalue weighted by atomic mass is 10.00. The Balaban J connectivity index is 2.24. The molecular formula is C9H18N4O. The number of azide groups is 1. The fourth-order valence-electron chi connectivity index (χ4n) is 1.94. The first-order chi connectivity index (χ1) is 6.72. The van der Waals surface area contributed by atoms with E-state index in [0.717, 1.165) is 19.0 Å². The summed E-state index contributed by atoms with van der Waals surface area (Å²) < 4.78 is 0. The molecule has 0 saturated carbocycles. The van der Waals surface area contributed by atoms with Gasteiger partial charge in [0, 0.05) is 18.0 Å². The van der Waals surface area contributed by atoms with Crippen LogP contribution in [0.25, 0.3) is 10.4 Å². The van der Waals surface area contributed by atoms with Gasteiger partial charge in [-0.1, -0.05) is 12.0 Å². The van der Waals surface area contributed by atoms with Crippen LogP contribution in [0.1, 0.15) is 19.8 Å². The van der Waals surface area contributed by atoms with Crippen LogP contribution in [0.5, 0.6) is 0 Å². The molecule has 0 aromatic heterocycles. The number of aliphatic hydroxyl groups excluding tert-OH is 1. The number of β-amino-alcohol motifs (C(OH)–C–C–N with tert-alkyl or cyclic N) is 1. The van der Waals surface area contributed by atoms with Gasteiger partial charge in [-0.2, -0.15) is 0 Å². The summed E-state index contributed by atoms with van der Waals surface area (Å²) in [4.78, 5) is 4.87. The Hall–Kier alpha value is -0.770. The SMILES string of the molecule is CC1CCCN(C[C@@H](O)CN=[N+]=[N-])C1. The van der Waals surface area contributed by atoms with Crippen LogP contribution in [0.3, 0.4) is 0 Å². The number of hydrogen-bond donors (Lipinski definition) is 1. The van der Waals surface area contributed by atoms with E-state index in [9.17, 15) is 5.11 Å². The van der Waals surface area contributed by atoms with Gasteiger partial charge in [0.1, 0.15) is 0 Å². The molecule has 1 heterocycles. The van der Waals surface area contributed by atoms with Gasteiger partial charge in [0.15, 0.2) is 0 Å². The van der Waals surface area contributed by atoms with Gasteiger partial charge in [0.2, 0.25) is 0 Å². The maximum atomic E-state index is 9.51. The van der Waals surface area contributed by atoms with Gasteiger partial charge in [0.05, 0.1) is 12.6 Å². The van der Waals surface area contributed by atoms with Crippen molar-refractivity contribution in [3.8, 4) is 0 Å². The molecule has 1 aliphatic rings. The molecule has 0 aliphatic carbocycles. The highest BCUT2D eigenvalue weighted by Gasteiger charge is 2.18. The first kappa shape index (κ1) is 11.3. The second-order valence-corrected chi connectivity index (χ2v) is 4.07. The highest BCUT2D eigenvalue weighted by atomic mass is 16.3. The van der Waals surface area contributed by atoms with E-state index in [1.54, 1.807) is 0 Å². The van der Waals surface area contributed by atoms with E-state index >= 15 is 0 Å². The van der Waals surface area contributed by atoms with Crippen LogP contribution >= 0.6 is 0 Å². The lowest BCUT2D eigenvalue weighted by Gasteiger charge is -2.31. The number of hydrogen-bond acceptors (Lipinski definition) is 3. The monoisotopic (exact) mass is 198 g/mol. The Bertz CT molecular complexity index is 215. The second kappa shape index (κ2) is 5.86. The normalized spacial score (nSPS) is 25.4. The van der Waals surface area contributed by atoms with Crippen LogP contribution in [-0.4, -0.2) is 42.3 Å². The largest absolute Gasteiger partial charge is 0.392 e. The predicted molar refractivity (Wildman–Crippen MR) is 54.9 cm³/mol. The van der Waals surface area contributed by atoms with Crippen molar-refractivity contribution in [2.24, 2.45) is 11.0 Å². The van der Waals surface area contributed by atoms with E-state index in [2.05, 4.69) is 21.8 Å². The average Bonchev–Trinajstić information content (AvgIpc) is 2.15. The summed E-state index contributed by atoms with van der Waals surface area (Å²) in [6.45, 7) is 5.14. The van der Waals surface area contributed by atoms with Gasteiger partial charge in [0.25, 0.3) is 0 Å². The fourth-order valence-corrected chi connectivity index (χ4v) is 1.94. The van der Waals surface area contributed by atoms with Gasteiger partial charge in [-0.15, -0.1) is 0 Å². The standard InChI is InChI=1S/C9H18N4O/c1-8-3-2-4-13(6-8)7-9(14)5-11-12-10/h8-9,14H,2-7H2,1H3/t8?,9-/m0/s1. The number of nitrogens with zero attached hydrogens (tertiary/aromatic N) is 4. The molecule has 0 spiro atoms. The minimum Gasteiger partial charge on any atom is -0.392 e. The first-order valence-electron chi connectivity index (χ1n) is 5.13. The maximum Gasteiger partial charge on any atom is 0.0723 e. The first-order valence-corrected chi connectivity index (χ1v) is 5.13. The van der Waals surface area contributed by atoms with E-state index in [4.69, 9.17) is 5.53 Å². The predicted octanol–water partition coefficient (Wildman–Crippen LogP) is 1.39. The smallest absolute Gasteiger partial charge is 0.0723 e. The van der Waals surface area contributed by atoms with Crippen molar-refractivity contribution < 1.29 is 5.11 Å². The Morgan fingerprint density at radius 2 is 2.50 bits per heavy atom. The van der Waals surface area contributed by atoms with Crippen molar-refractivity contribution in [2.45, 2.75) is 25.9 Å². The molecule has 1 rings (SSSR count). The molecule has 1 aliphatic heterocycles. The number of rotatable bonds is 4. The molecule has 0 bridgehead atoms. The van der Waals surface area contributed by atoms with E-state index in [1.165, 1.54) is 12.8 Å². The molecule has 5 heteroatoms. The molecule has 5 nitrogen and oxygen atoms in total. The van der Waals surface area contributed by atoms with Crippen LogP contribution in [0.2, 0.25) is 0 Å². The molecule has 1 saturated heterocycles. The quantitative estimate of drug-likeness (QED) is 0.421. The molecule has 14 heavy (non-hydrogen) atoms. The zero-order valence-electron chi connectivity index (χ0n) is 8.63. The van der Waals surface area contributed by atoms with Gasteiger partial charge < -0.3 is 10.0 Å². The summed E-state index contributed by atoms with van der Waals surface area (Å²) in [6.07, 6.45) is 1.97. The van der Waals surface area contributed by atoms with Gasteiger partial charge in [-0.05, 0) is 30.8 Å². The molecule has 0 aromatic rings. The minimum absolute atomic E-state index is 0.182. The van der Waals surface area contributed by atoms with Gasteiger partial charge in [-0.3, -0.25) is 0 Å². The molecule has 0 amide bonds. The number of likely N-dealkylation sites (tertiary alicyclic amines) is 1. The number of aliphatic hydroxyl groups is 1.